The smallest absolute Gasteiger partial charge is 0.308 e. The molecule has 0 radical (unpaired) electrons. The van der Waals surface area contributed by atoms with Gasteiger partial charge in [-0.3, -0.25) is 0 Å². The summed E-state index contributed by atoms with van der Waals surface area (Å²) < 4.78 is 48.2. The van der Waals surface area contributed by atoms with Gasteiger partial charge in [0, 0.05) is 27.1 Å². The third-order valence-corrected chi connectivity index (χ3v) is 9.62. The molecule has 0 bridgehead atoms. The molecule has 0 aliphatic heterocycles. The maximum absolute atomic E-state index is 14.8. The number of nitriles is 2. The largest absolute Gasteiger partial charge is 0.417 e. The summed E-state index contributed by atoms with van der Waals surface area (Å²) in [6.45, 7) is 8.06. The number of hydrogen-bond acceptors (Lipinski definition) is 2. The standard InChI is InChI=1S/C43H29F3N4/c1-24-8-12-36-30(16-24)31-17-25(2)9-13-37(31)49(36)40-20-29(42-28(22-47)6-5-7-35(42)43(44,45)46)21-41(34(40)23-48)50-38-14-10-26(3)18-32(38)33-19-27(4)11-15-39(33)50/h5-21H,1-4H3. The lowest BCUT2D eigenvalue weighted by atomic mass is 9.92. The van der Waals surface area contributed by atoms with Gasteiger partial charge < -0.3 is 9.13 Å². The van der Waals surface area contributed by atoms with Crippen LogP contribution in [0.4, 0.5) is 13.2 Å². The minimum absolute atomic E-state index is 0.108. The Hall–Kier alpha value is -6.31. The molecular weight excluding hydrogens is 629 g/mol. The maximum atomic E-state index is 14.8. The average molecular weight is 659 g/mol. The average Bonchev–Trinajstić information content (AvgIpc) is 3.57. The van der Waals surface area contributed by atoms with Crippen LogP contribution in [0.5, 0.6) is 0 Å². The van der Waals surface area contributed by atoms with E-state index in [-0.39, 0.29) is 22.3 Å². The molecule has 0 aliphatic carbocycles. The molecule has 0 saturated heterocycles. The highest BCUT2D eigenvalue weighted by molar-refractivity contribution is 6.11. The first kappa shape index (κ1) is 31.0. The zero-order valence-corrected chi connectivity index (χ0v) is 27.7. The highest BCUT2D eigenvalue weighted by atomic mass is 19.4. The maximum Gasteiger partial charge on any atom is 0.417 e. The van der Waals surface area contributed by atoms with Gasteiger partial charge in [0.2, 0.25) is 0 Å². The van der Waals surface area contributed by atoms with Gasteiger partial charge in [-0.1, -0.05) is 52.6 Å². The van der Waals surface area contributed by atoms with Crippen LogP contribution in [0.15, 0.2) is 103 Å². The summed E-state index contributed by atoms with van der Waals surface area (Å²) in [5.41, 5.74) is 7.54. The number of benzene rings is 6. The Bertz CT molecular complexity index is 2550. The Morgan fingerprint density at radius 2 is 0.920 bits per heavy atom. The third-order valence-electron chi connectivity index (χ3n) is 9.62. The number of nitrogens with zero attached hydrogens (tertiary/aromatic N) is 4. The van der Waals surface area contributed by atoms with E-state index in [1.165, 1.54) is 12.1 Å². The summed E-state index contributed by atoms with van der Waals surface area (Å²) in [7, 11) is 0. The summed E-state index contributed by atoms with van der Waals surface area (Å²) in [5, 5.41) is 25.1. The first-order valence-electron chi connectivity index (χ1n) is 16.2. The van der Waals surface area contributed by atoms with Crippen molar-refractivity contribution in [2.45, 2.75) is 33.9 Å². The summed E-state index contributed by atoms with van der Waals surface area (Å²) >= 11 is 0. The van der Waals surface area contributed by atoms with Gasteiger partial charge >= 0.3 is 6.18 Å². The molecule has 50 heavy (non-hydrogen) atoms. The predicted molar refractivity (Wildman–Crippen MR) is 194 cm³/mol. The molecule has 0 N–H and O–H groups in total. The van der Waals surface area contributed by atoms with E-state index in [4.69, 9.17) is 0 Å². The molecule has 4 nitrogen and oxygen atoms in total. The first-order valence-corrected chi connectivity index (χ1v) is 16.2. The molecule has 0 aliphatic rings. The Morgan fingerprint density at radius 1 is 0.520 bits per heavy atom. The van der Waals surface area contributed by atoms with Crippen molar-refractivity contribution in [2.24, 2.45) is 0 Å². The Morgan fingerprint density at radius 3 is 1.26 bits per heavy atom. The minimum atomic E-state index is -4.74. The number of fused-ring (bicyclic) bond motifs is 6. The monoisotopic (exact) mass is 658 g/mol. The Balaban J connectivity index is 1.61. The molecule has 8 aromatic rings. The third kappa shape index (κ3) is 4.66. The molecule has 0 atom stereocenters. The molecule has 0 spiro atoms. The summed E-state index contributed by atoms with van der Waals surface area (Å²) in [4.78, 5) is 0. The van der Waals surface area contributed by atoms with Gasteiger partial charge in [0.15, 0.2) is 0 Å². The number of rotatable bonds is 3. The molecule has 6 aromatic carbocycles. The van der Waals surface area contributed by atoms with E-state index in [0.29, 0.717) is 11.4 Å². The van der Waals surface area contributed by atoms with Crippen LogP contribution in [-0.4, -0.2) is 9.13 Å². The Kier molecular flexibility index (Phi) is 6.89. The molecule has 0 fully saturated rings. The van der Waals surface area contributed by atoms with Gasteiger partial charge in [-0.15, -0.1) is 0 Å². The molecule has 2 aromatic heterocycles. The number of aryl methyl sites for hydroxylation is 4. The molecule has 242 valence electrons. The highest BCUT2D eigenvalue weighted by Crippen LogP contribution is 2.44. The second-order valence-electron chi connectivity index (χ2n) is 13.1. The molecule has 0 unspecified atom stereocenters. The van der Waals surface area contributed by atoms with Crippen LogP contribution in [0.25, 0.3) is 66.1 Å². The first-order chi connectivity index (χ1) is 24.0. The van der Waals surface area contributed by atoms with E-state index in [1.807, 2.05) is 91.4 Å². The second kappa shape index (κ2) is 11.1. The van der Waals surface area contributed by atoms with E-state index in [0.717, 1.165) is 71.9 Å². The van der Waals surface area contributed by atoms with Gasteiger partial charge in [0.1, 0.15) is 11.6 Å². The number of aromatic nitrogens is 2. The van der Waals surface area contributed by atoms with Crippen molar-refractivity contribution in [3.8, 4) is 34.6 Å². The van der Waals surface area contributed by atoms with E-state index in [1.54, 1.807) is 12.1 Å². The van der Waals surface area contributed by atoms with Crippen LogP contribution in [-0.2, 0) is 6.18 Å². The van der Waals surface area contributed by atoms with Crippen molar-refractivity contribution >= 4 is 43.6 Å². The topological polar surface area (TPSA) is 57.4 Å². The second-order valence-corrected chi connectivity index (χ2v) is 13.1. The van der Waals surface area contributed by atoms with Crippen molar-refractivity contribution in [3.63, 3.8) is 0 Å². The van der Waals surface area contributed by atoms with Gasteiger partial charge in [-0.25, -0.2) is 0 Å². The van der Waals surface area contributed by atoms with E-state index in [2.05, 4.69) is 30.3 Å². The lowest BCUT2D eigenvalue weighted by Crippen LogP contribution is -2.10. The fraction of sp³-hybridized carbons (Fsp3) is 0.116. The van der Waals surface area contributed by atoms with Gasteiger partial charge in [-0.2, -0.15) is 23.7 Å². The van der Waals surface area contributed by atoms with Crippen LogP contribution in [0.2, 0.25) is 0 Å². The molecule has 8 rings (SSSR count). The van der Waals surface area contributed by atoms with Crippen molar-refractivity contribution in [2.75, 3.05) is 0 Å². The van der Waals surface area contributed by atoms with Crippen molar-refractivity contribution in [1.82, 2.24) is 9.13 Å². The van der Waals surface area contributed by atoms with Crippen LogP contribution < -0.4 is 0 Å². The molecule has 0 amide bonds. The molecule has 2 heterocycles. The summed E-state index contributed by atoms with van der Waals surface area (Å²) in [5.74, 6) is 0. The van der Waals surface area contributed by atoms with Gasteiger partial charge in [-0.05, 0) is 106 Å². The van der Waals surface area contributed by atoms with Gasteiger partial charge in [0.05, 0.1) is 50.6 Å². The fourth-order valence-corrected chi connectivity index (χ4v) is 7.44. The predicted octanol–water partition coefficient (Wildman–Crippen LogP) is 11.5. The zero-order chi connectivity index (χ0) is 35.1. The number of alkyl halides is 3. The van der Waals surface area contributed by atoms with Gasteiger partial charge in [0.25, 0.3) is 0 Å². The molecule has 7 heteroatoms. The van der Waals surface area contributed by atoms with E-state index >= 15 is 0 Å². The quantitative estimate of drug-likeness (QED) is 0.190. The number of halogens is 3. The highest BCUT2D eigenvalue weighted by Gasteiger charge is 2.35. The zero-order valence-electron chi connectivity index (χ0n) is 27.7. The van der Waals surface area contributed by atoms with E-state index < -0.39 is 11.7 Å². The van der Waals surface area contributed by atoms with Crippen LogP contribution in [0.3, 0.4) is 0 Å². The SMILES string of the molecule is Cc1ccc2c(c1)c1cc(C)ccc1n2-c1cc(-c2c(C#N)cccc2C(F)(F)F)cc(-n2c3ccc(C)cc3c3cc(C)ccc32)c1C#N. The lowest BCUT2D eigenvalue weighted by Gasteiger charge is -2.20. The fourth-order valence-electron chi connectivity index (χ4n) is 7.44. The normalized spacial score (nSPS) is 11.9. The molecular formula is C43H29F3N4. The van der Waals surface area contributed by atoms with Crippen LogP contribution in [0.1, 0.15) is 38.9 Å². The minimum Gasteiger partial charge on any atom is -0.308 e. The molecule has 0 saturated carbocycles. The lowest BCUT2D eigenvalue weighted by molar-refractivity contribution is -0.137. The van der Waals surface area contributed by atoms with Crippen LogP contribution >= 0.6 is 0 Å². The summed E-state index contributed by atoms with van der Waals surface area (Å²) in [6.07, 6.45) is -4.74. The number of hydrogen-bond donors (Lipinski definition) is 0. The summed E-state index contributed by atoms with van der Waals surface area (Å²) in [6, 6.07) is 35.7. The Labute approximate surface area is 286 Å². The van der Waals surface area contributed by atoms with Crippen molar-refractivity contribution in [1.29, 1.82) is 10.5 Å². The van der Waals surface area contributed by atoms with E-state index in [9.17, 15) is 23.7 Å². The van der Waals surface area contributed by atoms with Crippen LogP contribution in [0, 0.1) is 50.4 Å². The van der Waals surface area contributed by atoms with Crippen molar-refractivity contribution in [3.05, 3.63) is 142 Å². The van der Waals surface area contributed by atoms with Crippen molar-refractivity contribution < 1.29 is 13.2 Å².